The Morgan fingerprint density at radius 3 is 2.08 bits per heavy atom. The van der Waals surface area contributed by atoms with Crippen LogP contribution in [-0.4, -0.2) is 106 Å². The van der Waals surface area contributed by atoms with Gasteiger partial charge in [0.15, 0.2) is 0 Å². The first-order valence-corrected chi connectivity index (χ1v) is 14.9. The van der Waals surface area contributed by atoms with E-state index in [0.717, 1.165) is 54.1 Å². The monoisotopic (exact) mass is 600 g/mol. The number of piperidine rings is 1. The highest BCUT2D eigenvalue weighted by Crippen LogP contribution is 2.43. The van der Waals surface area contributed by atoms with Crippen molar-refractivity contribution >= 4 is 21.8 Å². The van der Waals surface area contributed by atoms with Gasteiger partial charge in [-0.2, -0.15) is 26.3 Å². The number of carbonyl (C=O) groups is 1. The van der Waals surface area contributed by atoms with Crippen LogP contribution in [-0.2, 0) is 21.3 Å². The van der Waals surface area contributed by atoms with Gasteiger partial charge in [-0.1, -0.05) is 12.1 Å². The molecule has 0 aromatic heterocycles. The molecule has 0 aliphatic carbocycles. The molecule has 15 heteroatoms. The molecule has 1 aromatic carbocycles. The number of amides is 1. The SMILES string of the molecule is Cc1ccc(CN2CCN(C(=O)OC(C(F)(F)F)C(F)(F)F)CC2)c(N2CCC3(CCN(S(C)(=O)=O)CC3)C2)c1. The maximum atomic E-state index is 12.8. The van der Waals surface area contributed by atoms with Gasteiger partial charge in [-0.05, 0) is 48.8 Å². The first kappa shape index (κ1) is 30.7. The van der Waals surface area contributed by atoms with Crippen molar-refractivity contribution in [1.29, 1.82) is 0 Å². The third kappa shape index (κ3) is 7.14. The summed E-state index contributed by atoms with van der Waals surface area (Å²) in [6.07, 6.45) is -13.5. The van der Waals surface area contributed by atoms with Crippen LogP contribution >= 0.6 is 0 Å². The maximum absolute atomic E-state index is 12.8. The Morgan fingerprint density at radius 1 is 0.950 bits per heavy atom. The summed E-state index contributed by atoms with van der Waals surface area (Å²) < 4.78 is 106. The number of piperazine rings is 1. The number of rotatable bonds is 5. The molecule has 0 radical (unpaired) electrons. The molecule has 0 N–H and O–H groups in total. The number of aryl methyl sites for hydroxylation is 1. The number of nitrogens with zero attached hydrogens (tertiary/aromatic N) is 4. The standard InChI is InChI=1S/C25H34F6N4O4S/c1-18-3-4-19(20(15-18)34-8-5-23(17-34)6-9-35(10-7-23)40(2,37)38)16-32-11-13-33(14-12-32)22(36)39-21(24(26,27)28)25(29,30)31/h3-4,15,21H,5-14,16-17H2,1-2H3. The van der Waals surface area contributed by atoms with Gasteiger partial charge in [0.2, 0.25) is 10.0 Å². The van der Waals surface area contributed by atoms with E-state index < -0.39 is 34.6 Å². The number of carbonyl (C=O) groups excluding carboxylic acids is 1. The Kier molecular flexibility index (Phi) is 8.59. The zero-order valence-corrected chi connectivity index (χ0v) is 23.2. The average Bonchev–Trinajstić information content (AvgIpc) is 3.25. The Bertz CT molecular complexity index is 1160. The molecule has 3 aliphatic heterocycles. The van der Waals surface area contributed by atoms with Gasteiger partial charge in [0.25, 0.3) is 6.10 Å². The van der Waals surface area contributed by atoms with Crippen LogP contribution < -0.4 is 4.90 Å². The largest absolute Gasteiger partial charge is 0.434 e. The molecule has 3 aliphatic rings. The van der Waals surface area contributed by atoms with E-state index in [0.29, 0.717) is 19.6 Å². The number of hydrogen-bond donors (Lipinski definition) is 0. The summed E-state index contributed by atoms with van der Waals surface area (Å²) in [4.78, 5) is 17.3. The zero-order chi connectivity index (χ0) is 29.5. The van der Waals surface area contributed by atoms with Crippen LogP contribution in [0.1, 0.15) is 30.4 Å². The summed E-state index contributed by atoms with van der Waals surface area (Å²) in [5.74, 6) is 0. The highest BCUT2D eigenvalue weighted by molar-refractivity contribution is 7.88. The normalized spacial score (nSPS) is 21.4. The first-order valence-electron chi connectivity index (χ1n) is 13.1. The highest BCUT2D eigenvalue weighted by atomic mass is 32.2. The van der Waals surface area contributed by atoms with E-state index in [1.165, 1.54) is 10.6 Å². The molecule has 0 bridgehead atoms. The smallest absolute Gasteiger partial charge is 0.426 e. The number of benzene rings is 1. The summed E-state index contributed by atoms with van der Waals surface area (Å²) in [6.45, 7) is 5.53. The van der Waals surface area contributed by atoms with Crippen molar-refractivity contribution in [2.75, 3.05) is 63.5 Å². The van der Waals surface area contributed by atoms with Crippen molar-refractivity contribution in [2.45, 2.75) is 51.2 Å². The van der Waals surface area contributed by atoms with Crippen LogP contribution in [0.25, 0.3) is 0 Å². The van der Waals surface area contributed by atoms with Gasteiger partial charge < -0.3 is 14.5 Å². The Hall–Kier alpha value is -2.26. The minimum atomic E-state index is -5.75. The third-order valence-corrected chi connectivity index (χ3v) is 9.41. The topological polar surface area (TPSA) is 73.4 Å². The molecule has 3 saturated heterocycles. The predicted octanol–water partition coefficient (Wildman–Crippen LogP) is 3.99. The fourth-order valence-corrected chi connectivity index (χ4v) is 6.61. The van der Waals surface area contributed by atoms with Gasteiger partial charge in [0.05, 0.1) is 6.26 Å². The van der Waals surface area contributed by atoms with Gasteiger partial charge in [-0.3, -0.25) is 4.90 Å². The van der Waals surface area contributed by atoms with E-state index in [2.05, 4.69) is 15.7 Å². The van der Waals surface area contributed by atoms with Crippen molar-refractivity contribution in [3.8, 4) is 0 Å². The number of anilines is 1. The van der Waals surface area contributed by atoms with Gasteiger partial charge in [0.1, 0.15) is 0 Å². The summed E-state index contributed by atoms with van der Waals surface area (Å²) in [7, 11) is -3.21. The fourth-order valence-electron chi connectivity index (χ4n) is 5.77. The lowest BCUT2D eigenvalue weighted by molar-refractivity contribution is -0.308. The van der Waals surface area contributed by atoms with E-state index in [4.69, 9.17) is 0 Å². The van der Waals surface area contributed by atoms with E-state index in [1.807, 2.05) is 24.0 Å². The average molecular weight is 601 g/mol. The molecule has 40 heavy (non-hydrogen) atoms. The van der Waals surface area contributed by atoms with Crippen molar-refractivity contribution in [1.82, 2.24) is 14.1 Å². The molecule has 1 amide bonds. The van der Waals surface area contributed by atoms with Crippen LogP contribution in [0, 0.1) is 12.3 Å². The van der Waals surface area contributed by atoms with Crippen LogP contribution in [0.4, 0.5) is 36.8 Å². The van der Waals surface area contributed by atoms with E-state index >= 15 is 0 Å². The quantitative estimate of drug-likeness (QED) is 0.476. The summed E-state index contributed by atoms with van der Waals surface area (Å²) in [5.41, 5.74) is 3.20. The van der Waals surface area contributed by atoms with Gasteiger partial charge >= 0.3 is 18.4 Å². The van der Waals surface area contributed by atoms with Crippen LogP contribution in [0.2, 0.25) is 0 Å². The van der Waals surface area contributed by atoms with Crippen LogP contribution in [0.15, 0.2) is 18.2 Å². The molecule has 3 heterocycles. The lowest BCUT2D eigenvalue weighted by atomic mass is 9.78. The molecule has 0 unspecified atom stereocenters. The molecular formula is C25H34F6N4O4S. The molecule has 1 spiro atoms. The minimum absolute atomic E-state index is 0.0406. The molecule has 0 atom stereocenters. The molecule has 3 fully saturated rings. The van der Waals surface area contributed by atoms with Crippen molar-refractivity contribution in [2.24, 2.45) is 5.41 Å². The van der Waals surface area contributed by atoms with Gasteiger partial charge in [0, 0.05) is 64.6 Å². The summed E-state index contributed by atoms with van der Waals surface area (Å²) in [5, 5.41) is 0. The van der Waals surface area contributed by atoms with Gasteiger partial charge in [-0.25, -0.2) is 17.5 Å². The first-order chi connectivity index (χ1) is 18.5. The molecule has 226 valence electrons. The lowest BCUT2D eigenvalue weighted by Crippen LogP contribution is -2.52. The Morgan fingerprint density at radius 2 is 1.52 bits per heavy atom. The number of halogens is 6. The second kappa shape index (κ2) is 11.2. The second-order valence-corrected chi connectivity index (χ2v) is 13.1. The molecular weight excluding hydrogens is 566 g/mol. The Balaban J connectivity index is 1.36. The van der Waals surface area contributed by atoms with Crippen molar-refractivity contribution in [3.05, 3.63) is 29.3 Å². The van der Waals surface area contributed by atoms with Crippen LogP contribution in [0.3, 0.4) is 0 Å². The Labute approximate surface area is 229 Å². The molecule has 1 aromatic rings. The zero-order valence-electron chi connectivity index (χ0n) is 22.4. The van der Waals surface area contributed by atoms with Gasteiger partial charge in [-0.15, -0.1) is 0 Å². The van der Waals surface area contributed by atoms with Crippen molar-refractivity contribution < 1.29 is 44.3 Å². The predicted molar refractivity (Wildman–Crippen MR) is 135 cm³/mol. The molecule has 0 saturated carbocycles. The molecule has 8 nitrogen and oxygen atoms in total. The van der Waals surface area contributed by atoms with Crippen LogP contribution in [0.5, 0.6) is 0 Å². The second-order valence-electron chi connectivity index (χ2n) is 11.1. The van der Waals surface area contributed by atoms with Crippen molar-refractivity contribution in [3.63, 3.8) is 0 Å². The fraction of sp³-hybridized carbons (Fsp3) is 0.720. The maximum Gasteiger partial charge on any atom is 0.434 e. The molecule has 4 rings (SSSR count). The minimum Gasteiger partial charge on any atom is -0.426 e. The highest BCUT2D eigenvalue weighted by Gasteiger charge is 2.60. The number of sulfonamides is 1. The van der Waals surface area contributed by atoms with E-state index in [-0.39, 0.29) is 31.6 Å². The summed E-state index contributed by atoms with van der Waals surface area (Å²) in [6, 6.07) is 6.10. The van der Waals surface area contributed by atoms with E-state index in [1.54, 1.807) is 0 Å². The number of hydrogen-bond acceptors (Lipinski definition) is 6. The number of ether oxygens (including phenoxy) is 1. The summed E-state index contributed by atoms with van der Waals surface area (Å²) >= 11 is 0. The van der Waals surface area contributed by atoms with E-state index in [9.17, 15) is 39.6 Å². The number of alkyl halides is 6. The third-order valence-electron chi connectivity index (χ3n) is 8.11. The lowest BCUT2D eigenvalue weighted by Gasteiger charge is -2.38.